The van der Waals surface area contributed by atoms with Crippen LogP contribution in [0, 0.1) is 4.77 Å². The first kappa shape index (κ1) is 9.00. The third-order valence-electron chi connectivity index (χ3n) is 1.42. The number of hydrogen-bond donors (Lipinski definition) is 2. The molecule has 0 saturated heterocycles. The molecule has 50 valence electrons. The first-order valence-corrected chi connectivity index (χ1v) is 3.44. The minimum Gasteiger partial charge on any atom is -0.331 e. The molecule has 0 atom stereocenters. The molecule has 0 amide bonds. The Kier molecular flexibility index (Phi) is 2.90. The Bertz CT molecular complexity index is 368. The van der Waals surface area contributed by atoms with Gasteiger partial charge >= 0.3 is 29.6 Å². The first-order valence-electron chi connectivity index (χ1n) is 3.03. The van der Waals surface area contributed by atoms with Crippen LogP contribution in [0.2, 0.25) is 0 Å². The van der Waals surface area contributed by atoms with Crippen molar-refractivity contribution in [2.45, 2.75) is 0 Å². The van der Waals surface area contributed by atoms with E-state index in [0.717, 1.165) is 11.0 Å². The number of nitrogens with one attached hydrogen (secondary N) is 2. The molecule has 2 aromatic rings. The number of H-pyrrole nitrogens is 2. The Balaban J connectivity index is 0.000000605. The van der Waals surface area contributed by atoms with Crippen LogP contribution in [0.1, 0.15) is 0 Å². The monoisotopic (exact) mass is 173 g/mol. The molecule has 0 aliphatic carbocycles. The maximum absolute atomic E-state index is 4.90. The van der Waals surface area contributed by atoms with Crippen molar-refractivity contribution in [3.63, 3.8) is 0 Å². The van der Waals surface area contributed by atoms with Gasteiger partial charge in [0.15, 0.2) is 4.77 Å². The van der Waals surface area contributed by atoms with Crippen molar-refractivity contribution in [1.82, 2.24) is 9.97 Å². The summed E-state index contributed by atoms with van der Waals surface area (Å²) in [6.45, 7) is 0. The normalized spacial score (nSPS) is 9.45. The van der Waals surface area contributed by atoms with E-state index in [2.05, 4.69) is 9.97 Å². The minimum absolute atomic E-state index is 0. The Morgan fingerprint density at radius 1 is 1.00 bits per heavy atom. The van der Waals surface area contributed by atoms with Crippen molar-refractivity contribution in [2.75, 3.05) is 0 Å². The van der Waals surface area contributed by atoms with Crippen LogP contribution in [0.4, 0.5) is 0 Å². The number of para-hydroxylation sites is 2. The molecule has 0 saturated carbocycles. The van der Waals surface area contributed by atoms with Crippen molar-refractivity contribution in [3.8, 4) is 0 Å². The fraction of sp³-hybridized carbons (Fsp3) is 0. The smallest absolute Gasteiger partial charge is 0.331 e. The molecule has 1 aromatic carbocycles. The number of hydrogen-bond acceptors (Lipinski definition) is 1. The molecule has 2 rings (SSSR count). The minimum atomic E-state index is 0. The van der Waals surface area contributed by atoms with Crippen molar-refractivity contribution in [3.05, 3.63) is 29.0 Å². The molecular formula is C7H6N2NaS+. The molecule has 2 nitrogen and oxygen atoms in total. The average Bonchev–Trinajstić information content (AvgIpc) is 2.27. The summed E-state index contributed by atoms with van der Waals surface area (Å²) >= 11 is 4.90. The Morgan fingerprint density at radius 2 is 1.45 bits per heavy atom. The zero-order chi connectivity index (χ0) is 6.97. The number of benzene rings is 1. The van der Waals surface area contributed by atoms with Crippen molar-refractivity contribution in [2.24, 2.45) is 0 Å². The summed E-state index contributed by atoms with van der Waals surface area (Å²) in [7, 11) is 0. The average molecular weight is 173 g/mol. The van der Waals surface area contributed by atoms with Gasteiger partial charge in [-0.05, 0) is 24.4 Å². The maximum Gasteiger partial charge on any atom is 1.00 e. The summed E-state index contributed by atoms with van der Waals surface area (Å²) in [5.74, 6) is 0. The van der Waals surface area contributed by atoms with Crippen LogP contribution in [0.15, 0.2) is 24.3 Å². The summed E-state index contributed by atoms with van der Waals surface area (Å²) in [5, 5.41) is 0. The molecule has 1 aromatic heterocycles. The second kappa shape index (κ2) is 3.54. The second-order valence-corrected chi connectivity index (χ2v) is 2.53. The van der Waals surface area contributed by atoms with Gasteiger partial charge in [0.1, 0.15) is 0 Å². The van der Waals surface area contributed by atoms with E-state index in [-0.39, 0.29) is 29.6 Å². The molecule has 1 heterocycles. The summed E-state index contributed by atoms with van der Waals surface area (Å²) in [4.78, 5) is 6.04. The van der Waals surface area contributed by atoms with Crippen molar-refractivity contribution >= 4 is 23.3 Å². The summed E-state index contributed by atoms with van der Waals surface area (Å²) in [6, 6.07) is 7.92. The van der Waals surface area contributed by atoms with Gasteiger partial charge in [0, 0.05) is 0 Å². The Labute approximate surface area is 91.3 Å². The molecule has 0 aliphatic heterocycles. The molecule has 4 heteroatoms. The molecular weight excluding hydrogens is 167 g/mol. The predicted octanol–water partition coefficient (Wildman–Crippen LogP) is -0.771. The van der Waals surface area contributed by atoms with E-state index in [1.54, 1.807) is 0 Å². The van der Waals surface area contributed by atoms with E-state index in [0.29, 0.717) is 4.77 Å². The van der Waals surface area contributed by atoms with Gasteiger partial charge in [-0.3, -0.25) is 0 Å². The van der Waals surface area contributed by atoms with E-state index >= 15 is 0 Å². The van der Waals surface area contributed by atoms with E-state index in [1.807, 2.05) is 24.3 Å². The molecule has 0 fully saturated rings. The zero-order valence-electron chi connectivity index (χ0n) is 6.22. The second-order valence-electron chi connectivity index (χ2n) is 2.12. The van der Waals surface area contributed by atoms with Gasteiger partial charge in [0.25, 0.3) is 0 Å². The Hall–Kier alpha value is -0.0900. The fourth-order valence-corrected chi connectivity index (χ4v) is 1.20. The third kappa shape index (κ3) is 1.73. The van der Waals surface area contributed by atoms with Gasteiger partial charge < -0.3 is 9.97 Å². The number of aromatic nitrogens is 2. The van der Waals surface area contributed by atoms with Gasteiger partial charge in [-0.2, -0.15) is 0 Å². The van der Waals surface area contributed by atoms with Crippen LogP contribution in [-0.4, -0.2) is 9.97 Å². The maximum atomic E-state index is 4.90. The molecule has 0 spiro atoms. The third-order valence-corrected chi connectivity index (χ3v) is 1.63. The summed E-state index contributed by atoms with van der Waals surface area (Å²) in [5.41, 5.74) is 2.13. The number of rotatable bonds is 0. The number of aromatic amines is 2. The van der Waals surface area contributed by atoms with E-state index in [4.69, 9.17) is 12.2 Å². The van der Waals surface area contributed by atoms with Gasteiger partial charge in [-0.15, -0.1) is 0 Å². The SMILES string of the molecule is S=c1[nH]c2ccccc2[nH]1.[Na+]. The summed E-state index contributed by atoms with van der Waals surface area (Å²) in [6.07, 6.45) is 0. The van der Waals surface area contributed by atoms with Crippen LogP contribution >= 0.6 is 12.2 Å². The van der Waals surface area contributed by atoms with E-state index < -0.39 is 0 Å². The predicted molar refractivity (Wildman–Crippen MR) is 43.5 cm³/mol. The number of fused-ring (bicyclic) bond motifs is 1. The summed E-state index contributed by atoms with van der Waals surface area (Å²) < 4.78 is 0.682. The van der Waals surface area contributed by atoms with Crippen molar-refractivity contribution in [1.29, 1.82) is 0 Å². The Morgan fingerprint density at radius 3 is 1.91 bits per heavy atom. The quantitative estimate of drug-likeness (QED) is 0.398. The first-order chi connectivity index (χ1) is 4.86. The van der Waals surface area contributed by atoms with Crippen LogP contribution < -0.4 is 29.6 Å². The van der Waals surface area contributed by atoms with Gasteiger partial charge in [-0.1, -0.05) is 12.1 Å². The van der Waals surface area contributed by atoms with E-state index in [9.17, 15) is 0 Å². The number of imidazole rings is 1. The van der Waals surface area contributed by atoms with Gasteiger partial charge in [-0.25, -0.2) is 0 Å². The molecule has 0 aliphatic rings. The molecule has 11 heavy (non-hydrogen) atoms. The molecule has 0 unspecified atom stereocenters. The van der Waals surface area contributed by atoms with E-state index in [1.165, 1.54) is 0 Å². The zero-order valence-corrected chi connectivity index (χ0v) is 9.03. The van der Waals surface area contributed by atoms with Crippen LogP contribution in [0.25, 0.3) is 11.0 Å². The van der Waals surface area contributed by atoms with Crippen molar-refractivity contribution < 1.29 is 29.6 Å². The van der Waals surface area contributed by atoms with Crippen LogP contribution in [-0.2, 0) is 0 Å². The topological polar surface area (TPSA) is 31.6 Å². The largest absolute Gasteiger partial charge is 1.00 e. The standard InChI is InChI=1S/C7H6N2S.Na/c10-7-8-5-3-1-2-4-6(5)9-7;/h1-4H,(H2,8,9,10);/q;+1. The van der Waals surface area contributed by atoms with Crippen LogP contribution in [0.3, 0.4) is 0 Å². The van der Waals surface area contributed by atoms with Gasteiger partial charge in [0.2, 0.25) is 0 Å². The molecule has 0 radical (unpaired) electrons. The molecule has 0 bridgehead atoms. The molecule has 2 N–H and O–H groups in total. The van der Waals surface area contributed by atoms with Crippen LogP contribution in [0.5, 0.6) is 0 Å². The fourth-order valence-electron chi connectivity index (χ4n) is 0.977. The van der Waals surface area contributed by atoms with Gasteiger partial charge in [0.05, 0.1) is 11.0 Å².